The molecule has 7 nitrogen and oxygen atoms in total. The number of aliphatic hydroxyl groups excluding tert-OH is 1. The van der Waals surface area contributed by atoms with Gasteiger partial charge in [0.05, 0.1) is 6.10 Å². The molecule has 2 atom stereocenters. The average Bonchev–Trinajstić information content (AvgIpc) is 3.34. The van der Waals surface area contributed by atoms with Gasteiger partial charge >= 0.3 is 0 Å². The standard InChI is InChI=1S/C21H20ClFN4O3/c22-18-6-3-13-10-16(24-19(13)26-18)20(29)25-17(9-12-1-4-14(23)5-2-12)21(30)27-8-7-15(28)11-27/h1-6,10,15,17,28H,7-9,11H2,(H,24,26)(H,25,29)/t15-,17-/m0/s1. The molecular weight excluding hydrogens is 411 g/mol. The maximum Gasteiger partial charge on any atom is 0.268 e. The van der Waals surface area contributed by atoms with Gasteiger partial charge in [0.25, 0.3) is 5.91 Å². The smallest absolute Gasteiger partial charge is 0.268 e. The number of nitrogens with one attached hydrogen (secondary N) is 2. The number of β-amino-alcohol motifs (C(OH)–C–C–N with tert-alkyl or cyclic N) is 1. The summed E-state index contributed by atoms with van der Waals surface area (Å²) >= 11 is 5.89. The predicted octanol–water partition coefficient (Wildman–Crippen LogP) is 2.29. The molecule has 0 spiro atoms. The Bertz CT molecular complexity index is 1090. The summed E-state index contributed by atoms with van der Waals surface area (Å²) in [6, 6.07) is 9.91. The highest BCUT2D eigenvalue weighted by Crippen LogP contribution is 2.18. The van der Waals surface area contributed by atoms with Gasteiger partial charge in [0.1, 0.15) is 28.4 Å². The van der Waals surface area contributed by atoms with Crippen molar-refractivity contribution in [1.82, 2.24) is 20.2 Å². The fourth-order valence-electron chi connectivity index (χ4n) is 3.56. The number of H-pyrrole nitrogens is 1. The van der Waals surface area contributed by atoms with Crippen LogP contribution in [0.5, 0.6) is 0 Å². The molecular formula is C21H20ClFN4O3. The van der Waals surface area contributed by atoms with Gasteiger partial charge in [-0.15, -0.1) is 0 Å². The molecule has 2 aromatic heterocycles. The second-order valence-electron chi connectivity index (χ2n) is 7.34. The van der Waals surface area contributed by atoms with Crippen LogP contribution >= 0.6 is 11.6 Å². The van der Waals surface area contributed by atoms with Crippen molar-refractivity contribution in [3.8, 4) is 0 Å². The quantitative estimate of drug-likeness (QED) is 0.541. The fourth-order valence-corrected chi connectivity index (χ4v) is 3.71. The molecule has 1 fully saturated rings. The molecule has 1 aromatic carbocycles. The number of nitrogens with zero attached hydrogens (tertiary/aromatic N) is 2. The van der Waals surface area contributed by atoms with Gasteiger partial charge in [-0.2, -0.15) is 0 Å². The summed E-state index contributed by atoms with van der Waals surface area (Å²) in [4.78, 5) is 34.5. The van der Waals surface area contributed by atoms with Gasteiger partial charge in [0, 0.05) is 24.9 Å². The Morgan fingerprint density at radius 1 is 1.30 bits per heavy atom. The monoisotopic (exact) mass is 430 g/mol. The summed E-state index contributed by atoms with van der Waals surface area (Å²) in [7, 11) is 0. The van der Waals surface area contributed by atoms with Crippen LogP contribution < -0.4 is 5.32 Å². The normalized spacial score (nSPS) is 17.3. The Labute approximate surface area is 176 Å². The number of aromatic nitrogens is 2. The topological polar surface area (TPSA) is 98.3 Å². The lowest BCUT2D eigenvalue weighted by Gasteiger charge is -2.24. The van der Waals surface area contributed by atoms with E-state index in [1.807, 2.05) is 0 Å². The first kappa shape index (κ1) is 20.3. The van der Waals surface area contributed by atoms with Crippen molar-refractivity contribution in [3.63, 3.8) is 0 Å². The van der Waals surface area contributed by atoms with Crippen molar-refractivity contribution in [3.05, 3.63) is 64.7 Å². The van der Waals surface area contributed by atoms with Crippen molar-refractivity contribution >= 4 is 34.4 Å². The van der Waals surface area contributed by atoms with Crippen LogP contribution in [-0.2, 0) is 11.2 Å². The number of aromatic amines is 1. The first-order valence-corrected chi connectivity index (χ1v) is 9.94. The van der Waals surface area contributed by atoms with Crippen LogP contribution in [0.3, 0.4) is 0 Å². The van der Waals surface area contributed by atoms with Crippen LogP contribution in [0.25, 0.3) is 11.0 Å². The van der Waals surface area contributed by atoms with Crippen molar-refractivity contribution in [1.29, 1.82) is 0 Å². The highest BCUT2D eigenvalue weighted by molar-refractivity contribution is 6.29. The van der Waals surface area contributed by atoms with Crippen LogP contribution in [-0.4, -0.2) is 57.0 Å². The van der Waals surface area contributed by atoms with Gasteiger partial charge in [-0.25, -0.2) is 9.37 Å². The lowest BCUT2D eigenvalue weighted by molar-refractivity contribution is -0.132. The van der Waals surface area contributed by atoms with E-state index in [-0.39, 0.29) is 30.4 Å². The third-order valence-corrected chi connectivity index (χ3v) is 5.33. The number of hydrogen-bond donors (Lipinski definition) is 3. The maximum atomic E-state index is 13.2. The summed E-state index contributed by atoms with van der Waals surface area (Å²) in [6.07, 6.45) is 0.125. The zero-order valence-electron chi connectivity index (χ0n) is 15.9. The molecule has 3 N–H and O–H groups in total. The van der Waals surface area contributed by atoms with E-state index in [0.717, 1.165) is 0 Å². The Balaban J connectivity index is 1.56. The van der Waals surface area contributed by atoms with E-state index in [0.29, 0.717) is 34.7 Å². The molecule has 1 aliphatic heterocycles. The molecule has 1 saturated heterocycles. The van der Waals surface area contributed by atoms with Crippen LogP contribution in [0, 0.1) is 5.82 Å². The molecule has 4 rings (SSSR count). The highest BCUT2D eigenvalue weighted by Gasteiger charge is 2.31. The summed E-state index contributed by atoms with van der Waals surface area (Å²) in [6.45, 7) is 0.647. The highest BCUT2D eigenvalue weighted by atomic mass is 35.5. The molecule has 0 aliphatic carbocycles. The third kappa shape index (κ3) is 4.44. The molecule has 2 amide bonds. The molecule has 3 heterocycles. The summed E-state index contributed by atoms with van der Waals surface area (Å²) in [5, 5.41) is 13.5. The van der Waals surface area contributed by atoms with Crippen molar-refractivity contribution < 1.29 is 19.1 Å². The molecule has 0 saturated carbocycles. The van der Waals surface area contributed by atoms with Crippen molar-refractivity contribution in [2.24, 2.45) is 0 Å². The van der Waals surface area contributed by atoms with Gasteiger partial charge in [-0.1, -0.05) is 23.7 Å². The molecule has 9 heteroatoms. The molecule has 1 aliphatic rings. The van der Waals surface area contributed by atoms with Crippen molar-refractivity contribution in [2.45, 2.75) is 25.0 Å². The predicted molar refractivity (Wildman–Crippen MR) is 110 cm³/mol. The number of hydrogen-bond acceptors (Lipinski definition) is 4. The molecule has 0 unspecified atom stereocenters. The van der Waals surface area contributed by atoms with Crippen LogP contribution in [0.2, 0.25) is 5.15 Å². The fraction of sp³-hybridized carbons (Fsp3) is 0.286. The van der Waals surface area contributed by atoms with Crippen LogP contribution in [0.15, 0.2) is 42.5 Å². The van der Waals surface area contributed by atoms with Gasteiger partial charge in [-0.3, -0.25) is 9.59 Å². The molecule has 3 aromatic rings. The van der Waals surface area contributed by atoms with E-state index in [4.69, 9.17) is 11.6 Å². The first-order valence-electron chi connectivity index (χ1n) is 9.56. The number of benzene rings is 1. The minimum atomic E-state index is -0.865. The second kappa shape index (κ2) is 8.41. The van der Waals surface area contributed by atoms with E-state index < -0.39 is 18.1 Å². The number of likely N-dealkylation sites (tertiary alicyclic amines) is 1. The lowest BCUT2D eigenvalue weighted by atomic mass is 10.0. The van der Waals surface area contributed by atoms with E-state index in [1.165, 1.54) is 17.0 Å². The summed E-state index contributed by atoms with van der Waals surface area (Å²) in [5.41, 5.74) is 1.43. The average molecular weight is 431 g/mol. The number of halogens is 2. The first-order chi connectivity index (χ1) is 14.4. The van der Waals surface area contributed by atoms with Gasteiger partial charge in [0.15, 0.2) is 0 Å². The zero-order chi connectivity index (χ0) is 21.3. The maximum absolute atomic E-state index is 13.2. The third-order valence-electron chi connectivity index (χ3n) is 5.12. The van der Waals surface area contributed by atoms with E-state index in [2.05, 4.69) is 15.3 Å². The van der Waals surface area contributed by atoms with E-state index in [1.54, 1.807) is 30.3 Å². The van der Waals surface area contributed by atoms with Crippen molar-refractivity contribution in [2.75, 3.05) is 13.1 Å². The minimum absolute atomic E-state index is 0.196. The number of amides is 2. The van der Waals surface area contributed by atoms with E-state index >= 15 is 0 Å². The number of pyridine rings is 1. The number of fused-ring (bicyclic) bond motifs is 1. The van der Waals surface area contributed by atoms with Gasteiger partial charge in [-0.05, 0) is 42.3 Å². The Hall–Kier alpha value is -2.97. The summed E-state index contributed by atoms with van der Waals surface area (Å²) in [5.74, 6) is -1.14. The Morgan fingerprint density at radius 2 is 2.07 bits per heavy atom. The zero-order valence-corrected chi connectivity index (χ0v) is 16.7. The van der Waals surface area contributed by atoms with Crippen LogP contribution in [0.4, 0.5) is 4.39 Å². The number of aliphatic hydroxyl groups is 1. The second-order valence-corrected chi connectivity index (χ2v) is 7.73. The minimum Gasteiger partial charge on any atom is -0.391 e. The molecule has 0 radical (unpaired) electrons. The molecule has 156 valence electrons. The largest absolute Gasteiger partial charge is 0.391 e. The molecule has 30 heavy (non-hydrogen) atoms. The lowest BCUT2D eigenvalue weighted by Crippen LogP contribution is -2.49. The SMILES string of the molecule is O=C(N[C@@H](Cc1ccc(F)cc1)C(=O)N1CC[C@H](O)C1)c1cc2ccc(Cl)nc2[nH]1. The van der Waals surface area contributed by atoms with E-state index in [9.17, 15) is 19.1 Å². The Morgan fingerprint density at radius 3 is 2.77 bits per heavy atom. The Kier molecular flexibility index (Phi) is 5.69. The summed E-state index contributed by atoms with van der Waals surface area (Å²) < 4.78 is 13.2. The number of carbonyl (C=O) groups excluding carboxylic acids is 2. The van der Waals surface area contributed by atoms with Crippen LogP contribution in [0.1, 0.15) is 22.5 Å². The van der Waals surface area contributed by atoms with Gasteiger partial charge in [0.2, 0.25) is 5.91 Å². The number of rotatable bonds is 5. The molecule has 0 bridgehead atoms. The van der Waals surface area contributed by atoms with Gasteiger partial charge < -0.3 is 20.3 Å². The number of carbonyl (C=O) groups is 2.